The lowest BCUT2D eigenvalue weighted by molar-refractivity contribution is 0.0870. The van der Waals surface area contributed by atoms with Crippen molar-refractivity contribution in [2.75, 3.05) is 0 Å². The topological polar surface area (TPSA) is 52.6 Å². The summed E-state index contributed by atoms with van der Waals surface area (Å²) < 4.78 is 18.6. The SMILES string of the molecule is CC1(C)CCc2c(c3c(-c4ccccc4)coc3c3c(-c4ccccc4)cc(=O)oc23)O1. The zero-order valence-corrected chi connectivity index (χ0v) is 18.0. The third kappa shape index (κ3) is 2.87. The summed E-state index contributed by atoms with van der Waals surface area (Å²) in [5.74, 6) is 0.754. The van der Waals surface area contributed by atoms with Crippen molar-refractivity contribution < 1.29 is 13.6 Å². The predicted octanol–water partition coefficient (Wildman–Crippen LogP) is 6.98. The summed E-state index contributed by atoms with van der Waals surface area (Å²) in [7, 11) is 0. The van der Waals surface area contributed by atoms with Gasteiger partial charge in [0.25, 0.3) is 0 Å². The highest BCUT2D eigenvalue weighted by Gasteiger charge is 2.34. The van der Waals surface area contributed by atoms with E-state index in [-0.39, 0.29) is 11.2 Å². The van der Waals surface area contributed by atoms with E-state index in [9.17, 15) is 4.79 Å². The van der Waals surface area contributed by atoms with E-state index in [4.69, 9.17) is 13.6 Å². The molecule has 0 radical (unpaired) electrons. The second-order valence-electron chi connectivity index (χ2n) is 8.94. The number of hydrogen-bond acceptors (Lipinski definition) is 4. The maximum Gasteiger partial charge on any atom is 0.336 e. The number of fused-ring (bicyclic) bond motifs is 6. The fraction of sp³-hybridized carbons (Fsp3) is 0.179. The maximum atomic E-state index is 12.6. The van der Waals surface area contributed by atoms with Gasteiger partial charge in [0.05, 0.1) is 17.0 Å². The number of ether oxygens (including phenoxy) is 1. The molecule has 1 aliphatic rings. The van der Waals surface area contributed by atoms with Gasteiger partial charge in [0.1, 0.15) is 22.5 Å². The van der Waals surface area contributed by atoms with Crippen LogP contribution in [0.1, 0.15) is 25.8 Å². The summed E-state index contributed by atoms with van der Waals surface area (Å²) >= 11 is 0. The average molecular weight is 422 g/mol. The van der Waals surface area contributed by atoms with E-state index in [1.165, 1.54) is 0 Å². The van der Waals surface area contributed by atoms with Gasteiger partial charge in [-0.1, -0.05) is 60.7 Å². The lowest BCUT2D eigenvalue weighted by Gasteiger charge is -2.33. The van der Waals surface area contributed by atoms with Gasteiger partial charge in [-0.3, -0.25) is 0 Å². The quantitative estimate of drug-likeness (QED) is 0.288. The lowest BCUT2D eigenvalue weighted by atomic mass is 9.88. The normalized spacial score (nSPS) is 14.9. The smallest absolute Gasteiger partial charge is 0.336 e. The summed E-state index contributed by atoms with van der Waals surface area (Å²) in [6.07, 6.45) is 3.37. The fourth-order valence-corrected chi connectivity index (χ4v) is 4.72. The highest BCUT2D eigenvalue weighted by Crippen LogP contribution is 2.49. The molecule has 0 unspecified atom stereocenters. The highest BCUT2D eigenvalue weighted by atomic mass is 16.5. The average Bonchev–Trinajstić information content (AvgIpc) is 3.24. The monoisotopic (exact) mass is 422 g/mol. The number of aryl methyl sites for hydroxylation is 1. The Labute approximate surface area is 185 Å². The molecule has 158 valence electrons. The van der Waals surface area contributed by atoms with Crippen LogP contribution in [-0.4, -0.2) is 5.60 Å². The zero-order chi connectivity index (χ0) is 21.9. The molecule has 5 aromatic rings. The molecule has 3 aromatic carbocycles. The zero-order valence-electron chi connectivity index (χ0n) is 18.0. The Morgan fingerprint density at radius 1 is 0.812 bits per heavy atom. The molecule has 0 N–H and O–H groups in total. The van der Waals surface area contributed by atoms with Crippen molar-refractivity contribution in [1.29, 1.82) is 0 Å². The Morgan fingerprint density at radius 3 is 2.16 bits per heavy atom. The number of benzene rings is 3. The van der Waals surface area contributed by atoms with E-state index < -0.39 is 0 Å². The molecule has 0 fully saturated rings. The lowest BCUT2D eigenvalue weighted by Crippen LogP contribution is -2.32. The molecule has 0 saturated heterocycles. The third-order valence-electron chi connectivity index (χ3n) is 6.28. The molecule has 0 saturated carbocycles. The van der Waals surface area contributed by atoms with Gasteiger partial charge < -0.3 is 13.6 Å². The molecule has 32 heavy (non-hydrogen) atoms. The number of rotatable bonds is 2. The summed E-state index contributed by atoms with van der Waals surface area (Å²) in [4.78, 5) is 12.6. The summed E-state index contributed by atoms with van der Waals surface area (Å²) in [6.45, 7) is 4.18. The fourth-order valence-electron chi connectivity index (χ4n) is 4.72. The minimum atomic E-state index is -0.377. The maximum absolute atomic E-state index is 12.6. The molecule has 6 rings (SSSR count). The molecule has 0 aliphatic carbocycles. The molecule has 0 bridgehead atoms. The molecule has 0 atom stereocenters. The largest absolute Gasteiger partial charge is 0.487 e. The second-order valence-corrected chi connectivity index (χ2v) is 8.94. The van der Waals surface area contributed by atoms with Crippen molar-refractivity contribution in [3.05, 3.63) is 89.0 Å². The Kier molecular flexibility index (Phi) is 4.06. The van der Waals surface area contributed by atoms with Gasteiger partial charge in [0.2, 0.25) is 0 Å². The van der Waals surface area contributed by atoms with Crippen LogP contribution >= 0.6 is 0 Å². The minimum absolute atomic E-state index is 0.323. The molecule has 3 heterocycles. The Morgan fingerprint density at radius 2 is 1.47 bits per heavy atom. The van der Waals surface area contributed by atoms with E-state index in [0.29, 0.717) is 11.2 Å². The van der Waals surface area contributed by atoms with Crippen LogP contribution < -0.4 is 10.4 Å². The van der Waals surface area contributed by atoms with E-state index in [0.717, 1.165) is 57.2 Å². The van der Waals surface area contributed by atoms with Crippen LogP contribution in [0, 0.1) is 0 Å². The van der Waals surface area contributed by atoms with Crippen molar-refractivity contribution >= 4 is 21.9 Å². The molecule has 0 spiro atoms. The number of hydrogen-bond donors (Lipinski definition) is 0. The van der Waals surface area contributed by atoms with Crippen LogP contribution in [0.2, 0.25) is 0 Å². The summed E-state index contributed by atoms with van der Waals surface area (Å²) in [5.41, 5.74) is 5.25. The molecule has 1 aliphatic heterocycles. The van der Waals surface area contributed by atoms with Gasteiger partial charge in [0, 0.05) is 22.8 Å². The van der Waals surface area contributed by atoms with Gasteiger partial charge in [-0.05, 0) is 37.8 Å². The molecular weight excluding hydrogens is 400 g/mol. The van der Waals surface area contributed by atoms with E-state index in [1.807, 2.05) is 48.5 Å². The van der Waals surface area contributed by atoms with Crippen molar-refractivity contribution in [3.63, 3.8) is 0 Å². The van der Waals surface area contributed by atoms with Crippen LogP contribution in [0.5, 0.6) is 5.75 Å². The van der Waals surface area contributed by atoms with Gasteiger partial charge in [0.15, 0.2) is 0 Å². The Hall–Kier alpha value is -3.79. The van der Waals surface area contributed by atoms with Crippen molar-refractivity contribution in [3.8, 4) is 28.0 Å². The summed E-state index contributed by atoms with van der Waals surface area (Å²) in [6, 6.07) is 21.6. The first-order valence-corrected chi connectivity index (χ1v) is 10.9. The Balaban J connectivity index is 1.81. The Bertz CT molecular complexity index is 1520. The molecule has 0 amide bonds. The van der Waals surface area contributed by atoms with Gasteiger partial charge in [-0.25, -0.2) is 4.79 Å². The van der Waals surface area contributed by atoms with Gasteiger partial charge >= 0.3 is 5.63 Å². The van der Waals surface area contributed by atoms with Crippen molar-refractivity contribution in [2.45, 2.75) is 32.3 Å². The summed E-state index contributed by atoms with van der Waals surface area (Å²) in [5, 5.41) is 1.74. The number of furan rings is 1. The first kappa shape index (κ1) is 18.9. The molecule has 4 heteroatoms. The molecular formula is C28H22O4. The first-order chi connectivity index (χ1) is 15.5. The van der Waals surface area contributed by atoms with Gasteiger partial charge in [-0.2, -0.15) is 0 Å². The van der Waals surface area contributed by atoms with E-state index in [2.05, 4.69) is 26.0 Å². The molecule has 4 nitrogen and oxygen atoms in total. The van der Waals surface area contributed by atoms with Crippen molar-refractivity contribution in [2.24, 2.45) is 0 Å². The van der Waals surface area contributed by atoms with Crippen LogP contribution in [0.25, 0.3) is 44.2 Å². The van der Waals surface area contributed by atoms with E-state index in [1.54, 1.807) is 12.3 Å². The van der Waals surface area contributed by atoms with Crippen LogP contribution in [0.4, 0.5) is 0 Å². The standard InChI is InChI=1S/C28H22O4/c1-28(2)14-13-19-25-23(20(15-22(29)31-25)17-9-5-3-6-10-17)27-24(26(19)32-28)21(16-30-27)18-11-7-4-8-12-18/h3-12,15-16H,13-14H2,1-2H3. The van der Waals surface area contributed by atoms with E-state index >= 15 is 0 Å². The van der Waals surface area contributed by atoms with Crippen LogP contribution in [0.15, 0.2) is 86.6 Å². The first-order valence-electron chi connectivity index (χ1n) is 10.9. The second kappa shape index (κ2) is 6.86. The minimum Gasteiger partial charge on any atom is -0.487 e. The third-order valence-corrected chi connectivity index (χ3v) is 6.28. The predicted molar refractivity (Wildman–Crippen MR) is 126 cm³/mol. The van der Waals surface area contributed by atoms with Crippen LogP contribution in [-0.2, 0) is 6.42 Å². The molecule has 2 aromatic heterocycles. The van der Waals surface area contributed by atoms with Crippen LogP contribution in [0.3, 0.4) is 0 Å². The highest BCUT2D eigenvalue weighted by molar-refractivity contribution is 6.17. The van der Waals surface area contributed by atoms with Crippen molar-refractivity contribution in [1.82, 2.24) is 0 Å². The van der Waals surface area contributed by atoms with Gasteiger partial charge in [-0.15, -0.1) is 0 Å².